The van der Waals surface area contributed by atoms with Crippen molar-refractivity contribution in [3.05, 3.63) is 34.9 Å². The number of carbonyl (C=O) groups is 2. The monoisotopic (exact) mass is 282 g/mol. The number of rotatable bonds is 7. The van der Waals surface area contributed by atoms with Gasteiger partial charge in [-0.2, -0.15) is 0 Å². The summed E-state index contributed by atoms with van der Waals surface area (Å²) in [5.74, 6) is -0.173. The first-order valence-corrected chi connectivity index (χ1v) is 6.68. The molecule has 1 amide bonds. The normalized spacial score (nSPS) is 13.6. The highest BCUT2D eigenvalue weighted by Crippen LogP contribution is 2.10. The molecular formula is C14H19ClN2O2. The molecule has 4 nitrogen and oxygen atoms in total. The first-order chi connectivity index (χ1) is 9.06. The number of likely N-dealkylation sites (N-methyl/N-ethyl adjacent to an activating group) is 1. The molecule has 19 heavy (non-hydrogen) atoms. The summed E-state index contributed by atoms with van der Waals surface area (Å²) in [5.41, 5.74) is 0.956. The summed E-state index contributed by atoms with van der Waals surface area (Å²) >= 11 is 5.80. The van der Waals surface area contributed by atoms with Crippen molar-refractivity contribution in [1.82, 2.24) is 10.6 Å². The molecule has 1 rings (SSSR count). The topological polar surface area (TPSA) is 58.2 Å². The lowest BCUT2D eigenvalue weighted by Gasteiger charge is -2.17. The predicted octanol–water partition coefficient (Wildman–Crippen LogP) is 1.56. The lowest BCUT2D eigenvalue weighted by Crippen LogP contribution is -2.47. The minimum Gasteiger partial charge on any atom is -0.345 e. The van der Waals surface area contributed by atoms with Crippen LogP contribution in [0, 0.1) is 0 Å². The van der Waals surface area contributed by atoms with E-state index in [0.29, 0.717) is 18.0 Å². The first-order valence-electron chi connectivity index (χ1n) is 6.30. The zero-order chi connectivity index (χ0) is 14.3. The Hall–Kier alpha value is -1.39. The van der Waals surface area contributed by atoms with Crippen LogP contribution in [0.4, 0.5) is 0 Å². The van der Waals surface area contributed by atoms with Crippen molar-refractivity contribution in [2.75, 3.05) is 6.54 Å². The molecule has 1 unspecified atom stereocenters. The summed E-state index contributed by atoms with van der Waals surface area (Å²) in [6.45, 7) is 4.40. The second-order valence-electron chi connectivity index (χ2n) is 4.36. The molecular weight excluding hydrogens is 264 g/mol. The second-order valence-corrected chi connectivity index (χ2v) is 4.80. The molecule has 0 aliphatic rings. The highest BCUT2D eigenvalue weighted by molar-refractivity contribution is 6.30. The maximum Gasteiger partial charge on any atom is 0.237 e. The number of nitrogens with one attached hydrogen (secondary N) is 2. The molecule has 0 bridgehead atoms. The molecule has 0 heterocycles. The number of aldehydes is 1. The maximum absolute atomic E-state index is 11.8. The van der Waals surface area contributed by atoms with Gasteiger partial charge in [0.25, 0.3) is 0 Å². The minimum atomic E-state index is -0.519. The molecule has 0 saturated carbocycles. The van der Waals surface area contributed by atoms with E-state index in [1.807, 2.05) is 19.1 Å². The number of hydrogen-bond acceptors (Lipinski definition) is 3. The van der Waals surface area contributed by atoms with Crippen LogP contribution in [-0.2, 0) is 16.0 Å². The Morgan fingerprint density at radius 1 is 1.37 bits per heavy atom. The molecule has 1 aromatic rings. The Bertz CT molecular complexity index is 420. The Balaban J connectivity index is 2.56. The van der Waals surface area contributed by atoms with Gasteiger partial charge in [-0.15, -0.1) is 0 Å². The van der Waals surface area contributed by atoms with Gasteiger partial charge in [-0.05, 0) is 37.6 Å². The fraction of sp³-hybridized carbons (Fsp3) is 0.429. The van der Waals surface area contributed by atoms with Gasteiger partial charge in [-0.3, -0.25) is 4.79 Å². The van der Waals surface area contributed by atoms with Crippen LogP contribution in [-0.4, -0.2) is 30.8 Å². The van der Waals surface area contributed by atoms with E-state index in [1.54, 1.807) is 19.1 Å². The van der Waals surface area contributed by atoms with E-state index in [-0.39, 0.29) is 11.9 Å². The van der Waals surface area contributed by atoms with Crippen molar-refractivity contribution in [2.45, 2.75) is 32.4 Å². The fourth-order valence-corrected chi connectivity index (χ4v) is 1.84. The van der Waals surface area contributed by atoms with Crippen LogP contribution in [0.25, 0.3) is 0 Å². The van der Waals surface area contributed by atoms with E-state index in [1.165, 1.54) is 0 Å². The van der Waals surface area contributed by atoms with Crippen molar-refractivity contribution < 1.29 is 9.59 Å². The summed E-state index contributed by atoms with van der Waals surface area (Å²) in [5, 5.41) is 6.36. The molecule has 104 valence electrons. The molecule has 0 aromatic heterocycles. The zero-order valence-electron chi connectivity index (χ0n) is 11.2. The first kappa shape index (κ1) is 15.7. The lowest BCUT2D eigenvalue weighted by molar-refractivity contribution is -0.125. The average molecular weight is 283 g/mol. The summed E-state index contributed by atoms with van der Waals surface area (Å²) in [7, 11) is 0. The highest BCUT2D eigenvalue weighted by atomic mass is 35.5. The summed E-state index contributed by atoms with van der Waals surface area (Å²) < 4.78 is 0. The van der Waals surface area contributed by atoms with Crippen LogP contribution in [0.1, 0.15) is 19.4 Å². The third-order valence-corrected chi connectivity index (χ3v) is 3.02. The van der Waals surface area contributed by atoms with Gasteiger partial charge in [0.05, 0.1) is 12.1 Å². The average Bonchev–Trinajstić information content (AvgIpc) is 2.40. The van der Waals surface area contributed by atoms with Crippen LogP contribution in [0.2, 0.25) is 5.02 Å². The van der Waals surface area contributed by atoms with Gasteiger partial charge in [-0.25, -0.2) is 0 Å². The predicted molar refractivity (Wildman–Crippen MR) is 76.3 cm³/mol. The third kappa shape index (κ3) is 5.41. The van der Waals surface area contributed by atoms with Crippen LogP contribution in [0.5, 0.6) is 0 Å². The Labute approximate surface area is 118 Å². The lowest BCUT2D eigenvalue weighted by atomic mass is 10.1. The van der Waals surface area contributed by atoms with Gasteiger partial charge in [0.15, 0.2) is 0 Å². The van der Waals surface area contributed by atoms with Crippen LogP contribution in [0.3, 0.4) is 0 Å². The smallest absolute Gasteiger partial charge is 0.237 e. The molecule has 2 N–H and O–H groups in total. The number of amides is 1. The van der Waals surface area contributed by atoms with E-state index < -0.39 is 6.04 Å². The zero-order valence-corrected chi connectivity index (χ0v) is 11.9. The quantitative estimate of drug-likeness (QED) is 0.746. The van der Waals surface area contributed by atoms with Crippen LogP contribution in [0.15, 0.2) is 24.3 Å². The van der Waals surface area contributed by atoms with Gasteiger partial charge in [0, 0.05) is 5.02 Å². The van der Waals surface area contributed by atoms with Gasteiger partial charge in [0.2, 0.25) is 5.91 Å². The number of hydrogen-bond donors (Lipinski definition) is 2. The number of carbonyl (C=O) groups excluding carboxylic acids is 2. The van der Waals surface area contributed by atoms with Crippen LogP contribution >= 0.6 is 11.6 Å². The Kier molecular flexibility index (Phi) is 6.53. The van der Waals surface area contributed by atoms with Crippen molar-refractivity contribution in [3.63, 3.8) is 0 Å². The molecule has 0 radical (unpaired) electrons. The van der Waals surface area contributed by atoms with Gasteiger partial charge in [-0.1, -0.05) is 30.7 Å². The van der Waals surface area contributed by atoms with E-state index in [9.17, 15) is 9.59 Å². The Morgan fingerprint density at radius 3 is 2.53 bits per heavy atom. The van der Waals surface area contributed by atoms with E-state index in [0.717, 1.165) is 11.8 Å². The van der Waals surface area contributed by atoms with E-state index in [4.69, 9.17) is 11.6 Å². The number of benzene rings is 1. The van der Waals surface area contributed by atoms with Crippen LogP contribution < -0.4 is 10.6 Å². The molecule has 0 aliphatic carbocycles. The molecule has 0 fully saturated rings. The van der Waals surface area contributed by atoms with Crippen molar-refractivity contribution in [3.8, 4) is 0 Å². The molecule has 0 aliphatic heterocycles. The Morgan fingerprint density at radius 2 is 2.00 bits per heavy atom. The second kappa shape index (κ2) is 7.92. The standard InChI is InChI=1S/C14H19ClN2O2/c1-3-16-10(2)14(19)17-13(9-18)8-11-4-6-12(15)7-5-11/h4-7,9-10,13,16H,3,8H2,1-2H3,(H,17,19)/t10?,13-/m0/s1. The van der Waals surface area contributed by atoms with E-state index in [2.05, 4.69) is 10.6 Å². The van der Waals surface area contributed by atoms with Crippen molar-refractivity contribution in [1.29, 1.82) is 0 Å². The maximum atomic E-state index is 11.8. The number of halogens is 1. The fourth-order valence-electron chi connectivity index (χ4n) is 1.71. The highest BCUT2D eigenvalue weighted by Gasteiger charge is 2.16. The molecule has 0 saturated heterocycles. The summed E-state index contributed by atoms with van der Waals surface area (Å²) in [4.78, 5) is 22.8. The summed E-state index contributed by atoms with van der Waals surface area (Å²) in [6.07, 6.45) is 1.22. The molecule has 1 aromatic carbocycles. The van der Waals surface area contributed by atoms with Crippen molar-refractivity contribution in [2.24, 2.45) is 0 Å². The molecule has 0 spiro atoms. The molecule has 5 heteroatoms. The molecule has 2 atom stereocenters. The SMILES string of the molecule is CCNC(C)C(=O)N[C@H](C=O)Cc1ccc(Cl)cc1. The van der Waals surface area contributed by atoms with Gasteiger partial charge in [0.1, 0.15) is 6.29 Å². The summed E-state index contributed by atoms with van der Waals surface area (Å²) in [6, 6.07) is 6.40. The third-order valence-electron chi connectivity index (χ3n) is 2.76. The van der Waals surface area contributed by atoms with Crippen molar-refractivity contribution >= 4 is 23.8 Å². The largest absolute Gasteiger partial charge is 0.345 e. The van der Waals surface area contributed by atoms with Gasteiger partial charge < -0.3 is 15.4 Å². The van der Waals surface area contributed by atoms with E-state index >= 15 is 0 Å². The minimum absolute atomic E-state index is 0.173. The van der Waals surface area contributed by atoms with Gasteiger partial charge >= 0.3 is 0 Å².